The van der Waals surface area contributed by atoms with Crippen LogP contribution in [0.25, 0.3) is 0 Å². The van der Waals surface area contributed by atoms with Gasteiger partial charge in [-0.15, -0.1) is 0 Å². The van der Waals surface area contributed by atoms with E-state index in [1.165, 1.54) is 0 Å². The zero-order chi connectivity index (χ0) is 10.5. The summed E-state index contributed by atoms with van der Waals surface area (Å²) in [5, 5.41) is 15.3. The summed E-state index contributed by atoms with van der Waals surface area (Å²) in [6.45, 7) is 0. The molecule has 0 aliphatic carbocycles. The second kappa shape index (κ2) is 4.41. The highest BCUT2D eigenvalue weighted by molar-refractivity contribution is 6.03. The van der Waals surface area contributed by atoms with Crippen LogP contribution in [0.5, 0.6) is 0 Å². The van der Waals surface area contributed by atoms with Crippen molar-refractivity contribution in [1.82, 2.24) is 10.3 Å². The minimum Gasteiger partial charge on any atom is -0.411 e. The Balaban J connectivity index is 2.26. The van der Waals surface area contributed by atoms with Gasteiger partial charge in [-0.1, -0.05) is 23.4 Å². The van der Waals surface area contributed by atoms with Gasteiger partial charge >= 0.3 is 0 Å². The number of nitrogens with one attached hydrogen (secondary N) is 1. The minimum atomic E-state index is -0.130. The molecule has 4 heteroatoms. The maximum atomic E-state index is 8.98. The first kappa shape index (κ1) is 9.45. The average Bonchev–Trinajstić information content (AvgIpc) is 2.33. The van der Waals surface area contributed by atoms with Gasteiger partial charge in [0.15, 0.2) is 0 Å². The van der Waals surface area contributed by atoms with E-state index >= 15 is 0 Å². The zero-order valence-electron chi connectivity index (χ0n) is 8.04. The third-order valence-corrected chi connectivity index (χ3v) is 2.12. The van der Waals surface area contributed by atoms with Crippen molar-refractivity contribution in [2.75, 3.05) is 0 Å². The van der Waals surface area contributed by atoms with Crippen LogP contribution in [0.2, 0.25) is 0 Å². The van der Waals surface area contributed by atoms with Crippen molar-refractivity contribution in [3.8, 4) is 0 Å². The van der Waals surface area contributed by atoms with E-state index in [0.717, 1.165) is 0 Å². The van der Waals surface area contributed by atoms with Gasteiger partial charge in [0.2, 0.25) is 0 Å². The lowest BCUT2D eigenvalue weighted by Crippen LogP contribution is -2.33. The molecular weight excluding hydrogens is 190 g/mol. The first-order chi connectivity index (χ1) is 7.42. The number of hydrogen-bond acceptors (Lipinski definition) is 4. The monoisotopic (exact) mass is 201 g/mol. The molecule has 4 nitrogen and oxygen atoms in total. The highest BCUT2D eigenvalue weighted by Crippen LogP contribution is 2.05. The van der Waals surface area contributed by atoms with Gasteiger partial charge in [-0.2, -0.15) is 0 Å². The highest BCUT2D eigenvalue weighted by Gasteiger charge is 2.16. The van der Waals surface area contributed by atoms with Crippen molar-refractivity contribution in [2.45, 2.75) is 6.04 Å². The summed E-state index contributed by atoms with van der Waals surface area (Å²) in [6, 6.07) is 5.36. The van der Waals surface area contributed by atoms with Gasteiger partial charge in [-0.25, -0.2) is 0 Å². The van der Waals surface area contributed by atoms with Gasteiger partial charge in [-0.05, 0) is 24.4 Å². The van der Waals surface area contributed by atoms with Gasteiger partial charge in [0.25, 0.3) is 0 Å². The van der Waals surface area contributed by atoms with E-state index in [0.29, 0.717) is 11.4 Å². The summed E-state index contributed by atoms with van der Waals surface area (Å²) in [5.41, 5.74) is 1.17. The molecule has 0 spiro atoms. The fraction of sp³-hybridized carbons (Fsp3) is 0.0909. The van der Waals surface area contributed by atoms with Crippen LogP contribution in [-0.4, -0.2) is 21.9 Å². The molecule has 0 radical (unpaired) electrons. The number of aromatic nitrogens is 1. The molecule has 1 aromatic rings. The smallest absolute Gasteiger partial charge is 0.131 e. The standard InChI is InChI=1S/C11H11N3O/c15-14-11(9-5-1-3-7-12-9)10-6-2-4-8-13-10/h1-9,12,15H. The zero-order valence-corrected chi connectivity index (χ0v) is 8.04. The van der Waals surface area contributed by atoms with Crippen molar-refractivity contribution >= 4 is 5.71 Å². The molecule has 1 unspecified atom stereocenters. The molecule has 0 amide bonds. The lowest BCUT2D eigenvalue weighted by Gasteiger charge is -2.16. The topological polar surface area (TPSA) is 57.5 Å². The summed E-state index contributed by atoms with van der Waals surface area (Å²) in [5.74, 6) is 0. The second-order valence-corrected chi connectivity index (χ2v) is 3.09. The Kier molecular flexibility index (Phi) is 2.78. The minimum absolute atomic E-state index is 0.130. The molecule has 1 atom stereocenters. The normalized spacial score (nSPS) is 20.0. The molecule has 0 saturated carbocycles. The second-order valence-electron chi connectivity index (χ2n) is 3.09. The average molecular weight is 201 g/mol. The third kappa shape index (κ3) is 2.04. The molecule has 1 aromatic heterocycles. The van der Waals surface area contributed by atoms with Crippen molar-refractivity contribution in [1.29, 1.82) is 0 Å². The number of allylic oxidation sites excluding steroid dienone is 2. The van der Waals surface area contributed by atoms with E-state index in [1.54, 1.807) is 12.4 Å². The number of oxime groups is 1. The van der Waals surface area contributed by atoms with Gasteiger partial charge in [0.1, 0.15) is 5.71 Å². The van der Waals surface area contributed by atoms with Gasteiger partial charge < -0.3 is 10.5 Å². The van der Waals surface area contributed by atoms with Gasteiger partial charge in [-0.3, -0.25) is 4.98 Å². The summed E-state index contributed by atoms with van der Waals surface area (Å²) in [7, 11) is 0. The van der Waals surface area contributed by atoms with E-state index in [-0.39, 0.29) is 6.04 Å². The molecule has 0 aromatic carbocycles. The molecule has 2 rings (SSSR count). The van der Waals surface area contributed by atoms with Crippen LogP contribution in [0.4, 0.5) is 0 Å². The summed E-state index contributed by atoms with van der Waals surface area (Å²) < 4.78 is 0. The van der Waals surface area contributed by atoms with Crippen molar-refractivity contribution in [2.24, 2.45) is 5.16 Å². The van der Waals surface area contributed by atoms with Crippen LogP contribution in [-0.2, 0) is 0 Å². The molecule has 76 valence electrons. The van der Waals surface area contributed by atoms with Crippen molar-refractivity contribution in [3.05, 3.63) is 54.5 Å². The Hall–Kier alpha value is -2.10. The molecule has 1 aliphatic heterocycles. The first-order valence-electron chi connectivity index (χ1n) is 4.64. The van der Waals surface area contributed by atoms with E-state index < -0.39 is 0 Å². The fourth-order valence-electron chi connectivity index (χ4n) is 1.40. The van der Waals surface area contributed by atoms with E-state index in [1.807, 2.05) is 36.4 Å². The molecular formula is C11H11N3O. The molecule has 2 N–H and O–H groups in total. The summed E-state index contributed by atoms with van der Waals surface area (Å²) >= 11 is 0. The van der Waals surface area contributed by atoms with E-state index in [2.05, 4.69) is 15.5 Å². The largest absolute Gasteiger partial charge is 0.411 e. The van der Waals surface area contributed by atoms with Crippen molar-refractivity contribution < 1.29 is 5.21 Å². The van der Waals surface area contributed by atoms with Crippen LogP contribution >= 0.6 is 0 Å². The fourth-order valence-corrected chi connectivity index (χ4v) is 1.40. The maximum Gasteiger partial charge on any atom is 0.131 e. The predicted octanol–water partition coefficient (Wildman–Crippen LogP) is 1.30. The molecule has 0 fully saturated rings. The summed E-state index contributed by atoms with van der Waals surface area (Å²) in [6.07, 6.45) is 9.16. The Labute approximate surface area is 87.6 Å². The highest BCUT2D eigenvalue weighted by atomic mass is 16.4. The molecule has 0 saturated heterocycles. The Morgan fingerprint density at radius 3 is 2.93 bits per heavy atom. The Morgan fingerprint density at radius 1 is 1.40 bits per heavy atom. The first-order valence-corrected chi connectivity index (χ1v) is 4.64. The van der Waals surface area contributed by atoms with E-state index in [9.17, 15) is 0 Å². The summed E-state index contributed by atoms with van der Waals surface area (Å²) in [4.78, 5) is 4.14. The van der Waals surface area contributed by atoms with Crippen LogP contribution in [0, 0.1) is 0 Å². The Bertz CT molecular complexity index is 409. The SMILES string of the molecule is ON=C(c1ccccn1)C1C=CC=CN1. The molecule has 2 heterocycles. The van der Waals surface area contributed by atoms with Gasteiger partial charge in [0, 0.05) is 6.20 Å². The van der Waals surface area contributed by atoms with Crippen LogP contribution in [0.1, 0.15) is 5.69 Å². The van der Waals surface area contributed by atoms with Gasteiger partial charge in [0.05, 0.1) is 11.7 Å². The Morgan fingerprint density at radius 2 is 2.33 bits per heavy atom. The number of hydrogen-bond donors (Lipinski definition) is 2. The number of rotatable bonds is 2. The van der Waals surface area contributed by atoms with Crippen molar-refractivity contribution in [3.63, 3.8) is 0 Å². The molecule has 15 heavy (non-hydrogen) atoms. The molecule has 1 aliphatic rings. The van der Waals surface area contributed by atoms with Crippen LogP contribution in [0.15, 0.2) is 54.0 Å². The predicted molar refractivity (Wildman–Crippen MR) is 57.8 cm³/mol. The van der Waals surface area contributed by atoms with Crippen LogP contribution in [0.3, 0.4) is 0 Å². The number of pyridine rings is 1. The maximum absolute atomic E-state index is 8.98. The lowest BCUT2D eigenvalue weighted by atomic mass is 10.1. The van der Waals surface area contributed by atoms with Crippen LogP contribution < -0.4 is 5.32 Å². The number of nitrogens with zero attached hydrogens (tertiary/aromatic N) is 2. The van der Waals surface area contributed by atoms with E-state index in [4.69, 9.17) is 5.21 Å². The molecule has 0 bridgehead atoms. The lowest BCUT2D eigenvalue weighted by molar-refractivity contribution is 0.317. The number of dihydropyridines is 1. The quantitative estimate of drug-likeness (QED) is 0.431. The third-order valence-electron chi connectivity index (χ3n) is 2.12.